The third kappa shape index (κ3) is 2.87. The fourth-order valence-electron chi connectivity index (χ4n) is 3.01. The lowest BCUT2D eigenvalue weighted by atomic mass is 10.2. The van der Waals surface area contributed by atoms with Crippen LogP contribution in [0.25, 0.3) is 22.0 Å². The van der Waals surface area contributed by atoms with Gasteiger partial charge in [0.25, 0.3) is 0 Å². The van der Waals surface area contributed by atoms with Crippen molar-refractivity contribution in [3.63, 3.8) is 0 Å². The Hall–Kier alpha value is -3.15. The number of nitrogens with one attached hydrogen (secondary N) is 1. The number of aromatic nitrogens is 3. The molecule has 4 rings (SSSR count). The molecule has 0 saturated carbocycles. The molecule has 0 aliphatic carbocycles. The maximum atomic E-state index is 12.5. The summed E-state index contributed by atoms with van der Waals surface area (Å²) in [5, 5.41) is 7.80. The molecule has 6 nitrogen and oxygen atoms in total. The van der Waals surface area contributed by atoms with Crippen molar-refractivity contribution >= 4 is 33.9 Å². The molecule has 0 radical (unpaired) electrons. The molecule has 0 spiro atoms. The first-order valence-electron chi connectivity index (χ1n) is 8.34. The normalized spacial score (nSPS) is 11.2. The topological polar surface area (TPSA) is 73.0 Å². The van der Waals surface area contributed by atoms with Gasteiger partial charge in [0.15, 0.2) is 5.58 Å². The van der Waals surface area contributed by atoms with Crippen LogP contribution in [0.1, 0.15) is 19.0 Å². The number of carbonyl (C=O) groups is 1. The summed E-state index contributed by atoms with van der Waals surface area (Å²) < 4.78 is 7.30. The third-order valence-electron chi connectivity index (χ3n) is 4.13. The fourth-order valence-corrected chi connectivity index (χ4v) is 3.01. The highest BCUT2D eigenvalue weighted by Crippen LogP contribution is 2.21. The lowest BCUT2D eigenvalue weighted by molar-refractivity contribution is -0.115. The predicted octanol–water partition coefficient (Wildman–Crippen LogP) is 3.77. The second-order valence-electron chi connectivity index (χ2n) is 5.93. The zero-order chi connectivity index (χ0) is 17.2. The Morgan fingerprint density at radius 2 is 1.96 bits per heavy atom. The van der Waals surface area contributed by atoms with E-state index in [9.17, 15) is 4.79 Å². The minimum Gasteiger partial charge on any atom is -0.356 e. The Morgan fingerprint density at radius 1 is 1.16 bits per heavy atom. The Labute approximate surface area is 144 Å². The average Bonchev–Trinajstić information content (AvgIpc) is 3.18. The third-order valence-corrected chi connectivity index (χ3v) is 4.13. The van der Waals surface area contributed by atoms with Crippen LogP contribution in [-0.4, -0.2) is 20.6 Å². The van der Waals surface area contributed by atoms with Crippen LogP contribution in [0.15, 0.2) is 53.1 Å². The van der Waals surface area contributed by atoms with Gasteiger partial charge in [0.1, 0.15) is 5.69 Å². The molecule has 0 atom stereocenters. The Balaban J connectivity index is 1.60. The number of amides is 1. The highest BCUT2D eigenvalue weighted by molar-refractivity contribution is 5.95. The van der Waals surface area contributed by atoms with E-state index in [1.165, 1.54) is 0 Å². The van der Waals surface area contributed by atoms with E-state index in [2.05, 4.69) is 22.4 Å². The van der Waals surface area contributed by atoms with Gasteiger partial charge in [-0.15, -0.1) is 0 Å². The number of hydrogen-bond donors (Lipinski definition) is 1. The molecule has 6 heteroatoms. The average molecular weight is 334 g/mol. The molecule has 1 N–H and O–H groups in total. The van der Waals surface area contributed by atoms with Gasteiger partial charge in [0.2, 0.25) is 11.9 Å². The summed E-state index contributed by atoms with van der Waals surface area (Å²) in [5.41, 5.74) is 3.21. The maximum absolute atomic E-state index is 12.5. The number of carbonyl (C=O) groups excluding carboxylic acids is 1. The summed E-state index contributed by atoms with van der Waals surface area (Å²) in [6.07, 6.45) is 1.10. The van der Waals surface area contributed by atoms with Crippen LogP contribution in [0.4, 0.5) is 5.95 Å². The van der Waals surface area contributed by atoms with E-state index in [1.807, 2.05) is 53.1 Å². The smallest absolute Gasteiger partial charge is 0.232 e. The van der Waals surface area contributed by atoms with Crippen LogP contribution in [0, 0.1) is 0 Å². The minimum absolute atomic E-state index is 0.145. The molecule has 4 aromatic rings. The van der Waals surface area contributed by atoms with Gasteiger partial charge >= 0.3 is 0 Å². The van der Waals surface area contributed by atoms with Crippen molar-refractivity contribution in [1.82, 2.24) is 14.7 Å². The second kappa shape index (κ2) is 6.39. The number of aryl methyl sites for hydroxylation is 1. The van der Waals surface area contributed by atoms with Crippen molar-refractivity contribution in [2.24, 2.45) is 0 Å². The van der Waals surface area contributed by atoms with E-state index in [4.69, 9.17) is 4.52 Å². The summed E-state index contributed by atoms with van der Waals surface area (Å²) in [6, 6.07) is 15.4. The Morgan fingerprint density at radius 3 is 2.84 bits per heavy atom. The molecular formula is C19H18N4O2. The van der Waals surface area contributed by atoms with E-state index >= 15 is 0 Å². The van der Waals surface area contributed by atoms with E-state index in [0.717, 1.165) is 29.4 Å². The molecule has 2 heterocycles. The number of hydrogen-bond acceptors (Lipinski definition) is 4. The standard InChI is InChI=1S/C19H18N4O2/c1-2-11-23-16-9-5-4-8-14(16)20-19(23)21-18(24)12-15-13-7-3-6-10-17(13)25-22-15/h3-10H,2,11-12H2,1H3,(H,20,21,24). The van der Waals surface area contributed by atoms with Crippen LogP contribution in [0.2, 0.25) is 0 Å². The number of para-hydroxylation sites is 3. The highest BCUT2D eigenvalue weighted by Gasteiger charge is 2.16. The SMILES string of the molecule is CCCn1c(NC(=O)Cc2noc3ccccc23)nc2ccccc21. The van der Waals surface area contributed by atoms with Crippen molar-refractivity contribution in [2.45, 2.75) is 26.3 Å². The van der Waals surface area contributed by atoms with Crippen molar-refractivity contribution in [3.8, 4) is 0 Å². The largest absolute Gasteiger partial charge is 0.356 e. The van der Waals surface area contributed by atoms with Gasteiger partial charge < -0.3 is 9.09 Å². The zero-order valence-corrected chi connectivity index (χ0v) is 13.9. The summed E-state index contributed by atoms with van der Waals surface area (Å²) >= 11 is 0. The van der Waals surface area contributed by atoms with Crippen molar-refractivity contribution in [3.05, 3.63) is 54.2 Å². The van der Waals surface area contributed by atoms with E-state index < -0.39 is 0 Å². The number of fused-ring (bicyclic) bond motifs is 2. The van der Waals surface area contributed by atoms with Crippen LogP contribution in [0.5, 0.6) is 0 Å². The van der Waals surface area contributed by atoms with Crippen molar-refractivity contribution in [2.75, 3.05) is 5.32 Å². The van der Waals surface area contributed by atoms with Gasteiger partial charge in [0.05, 0.1) is 17.5 Å². The van der Waals surface area contributed by atoms with Gasteiger partial charge in [-0.1, -0.05) is 36.3 Å². The van der Waals surface area contributed by atoms with Gasteiger partial charge in [-0.05, 0) is 30.7 Å². The van der Waals surface area contributed by atoms with Crippen molar-refractivity contribution in [1.29, 1.82) is 0 Å². The van der Waals surface area contributed by atoms with Crippen LogP contribution in [0.3, 0.4) is 0 Å². The number of nitrogens with zero attached hydrogens (tertiary/aromatic N) is 3. The lowest BCUT2D eigenvalue weighted by Gasteiger charge is -2.08. The van der Waals surface area contributed by atoms with Crippen molar-refractivity contribution < 1.29 is 9.32 Å². The predicted molar refractivity (Wildman–Crippen MR) is 96.4 cm³/mol. The molecule has 2 aromatic carbocycles. The van der Waals surface area contributed by atoms with Gasteiger partial charge in [-0.2, -0.15) is 0 Å². The van der Waals surface area contributed by atoms with Crippen LogP contribution < -0.4 is 5.32 Å². The van der Waals surface area contributed by atoms with Gasteiger partial charge in [-0.25, -0.2) is 4.98 Å². The molecule has 25 heavy (non-hydrogen) atoms. The molecule has 1 amide bonds. The Kier molecular flexibility index (Phi) is 3.93. The molecule has 0 unspecified atom stereocenters. The molecule has 0 aliphatic heterocycles. The molecule has 2 aromatic heterocycles. The highest BCUT2D eigenvalue weighted by atomic mass is 16.5. The number of benzene rings is 2. The Bertz CT molecular complexity index is 1050. The minimum atomic E-state index is -0.160. The summed E-state index contributed by atoms with van der Waals surface area (Å²) in [5.74, 6) is 0.410. The molecule has 126 valence electrons. The summed E-state index contributed by atoms with van der Waals surface area (Å²) in [7, 11) is 0. The van der Waals surface area contributed by atoms with E-state index in [0.29, 0.717) is 17.2 Å². The zero-order valence-electron chi connectivity index (χ0n) is 13.9. The first kappa shape index (κ1) is 15.4. The molecule has 0 saturated heterocycles. The molecular weight excluding hydrogens is 316 g/mol. The summed E-state index contributed by atoms with van der Waals surface area (Å²) in [6.45, 7) is 2.89. The van der Waals surface area contributed by atoms with Crippen LogP contribution >= 0.6 is 0 Å². The fraction of sp³-hybridized carbons (Fsp3) is 0.211. The molecule has 0 bridgehead atoms. The monoisotopic (exact) mass is 334 g/mol. The number of anilines is 1. The van der Waals surface area contributed by atoms with E-state index in [-0.39, 0.29) is 12.3 Å². The van der Waals surface area contributed by atoms with Gasteiger partial charge in [0, 0.05) is 11.9 Å². The van der Waals surface area contributed by atoms with Crippen LogP contribution in [-0.2, 0) is 17.8 Å². The quantitative estimate of drug-likeness (QED) is 0.603. The van der Waals surface area contributed by atoms with Gasteiger partial charge in [-0.3, -0.25) is 10.1 Å². The second-order valence-corrected chi connectivity index (χ2v) is 5.93. The summed E-state index contributed by atoms with van der Waals surface area (Å²) in [4.78, 5) is 17.1. The number of imidazole rings is 1. The molecule has 0 aliphatic rings. The first-order chi connectivity index (χ1) is 12.3. The van der Waals surface area contributed by atoms with E-state index in [1.54, 1.807) is 0 Å². The molecule has 0 fully saturated rings. The first-order valence-corrected chi connectivity index (χ1v) is 8.34. The maximum Gasteiger partial charge on any atom is 0.232 e. The lowest BCUT2D eigenvalue weighted by Crippen LogP contribution is -2.18. The number of rotatable bonds is 5.